The summed E-state index contributed by atoms with van der Waals surface area (Å²) in [4.78, 5) is 17.6. The summed E-state index contributed by atoms with van der Waals surface area (Å²) in [6.07, 6.45) is 3.49. The third-order valence-corrected chi connectivity index (χ3v) is 2.83. The predicted molar refractivity (Wildman–Crippen MR) is 68.2 cm³/mol. The van der Waals surface area contributed by atoms with Crippen molar-refractivity contribution in [1.82, 2.24) is 9.97 Å². The van der Waals surface area contributed by atoms with E-state index in [9.17, 15) is 10.1 Å². The van der Waals surface area contributed by atoms with E-state index in [0.29, 0.717) is 0 Å². The van der Waals surface area contributed by atoms with Crippen molar-refractivity contribution in [3.63, 3.8) is 0 Å². The van der Waals surface area contributed by atoms with Gasteiger partial charge >= 0.3 is 0 Å². The maximum absolute atomic E-state index is 10.8. The van der Waals surface area contributed by atoms with Crippen molar-refractivity contribution in [2.45, 2.75) is 0 Å². The maximum Gasteiger partial charge on any atom is 0.270 e. The van der Waals surface area contributed by atoms with Gasteiger partial charge in [-0.3, -0.25) is 10.1 Å². The minimum absolute atomic E-state index is 0. The molecule has 0 amide bonds. The van der Waals surface area contributed by atoms with Crippen LogP contribution in [0.15, 0.2) is 48.8 Å². The largest absolute Gasteiger partial charge is 0.346 e. The number of H-pyrrole nitrogens is 1. The van der Waals surface area contributed by atoms with Crippen molar-refractivity contribution in [2.75, 3.05) is 0 Å². The summed E-state index contributed by atoms with van der Waals surface area (Å²) in [6.45, 7) is 0. The fourth-order valence-electron chi connectivity index (χ4n) is 2.00. The van der Waals surface area contributed by atoms with Crippen LogP contribution in [0, 0.1) is 10.1 Å². The van der Waals surface area contributed by atoms with Gasteiger partial charge in [-0.05, 0) is 23.3 Å². The number of nitrogens with zero attached hydrogens (tertiary/aromatic N) is 2. The van der Waals surface area contributed by atoms with E-state index in [-0.39, 0.29) is 29.2 Å². The topological polar surface area (TPSA) is 71.8 Å². The van der Waals surface area contributed by atoms with E-state index in [1.807, 2.05) is 18.2 Å². The molecular weight excluding hydrogens is 281 g/mol. The quantitative estimate of drug-likeness (QED) is 0.582. The molecule has 0 aliphatic rings. The fraction of sp³-hybridized carbons (Fsp3) is 0. The van der Waals surface area contributed by atoms with Gasteiger partial charge in [-0.15, -0.1) is 0 Å². The third kappa shape index (κ3) is 2.38. The van der Waals surface area contributed by atoms with Crippen LogP contribution in [0.5, 0.6) is 0 Å². The number of aromatic amines is 1. The van der Waals surface area contributed by atoms with Crippen molar-refractivity contribution in [1.29, 1.82) is 0 Å². The standard InChI is InChI=1S/C13H9N3O2.V/c17-16(18)10-3-1-2-9(8-10)11-4-6-14-13-12(11)5-7-15-13;/h1-8H,(H,14,15);. The summed E-state index contributed by atoms with van der Waals surface area (Å²) >= 11 is 0. The molecular formula is C13H9N3O2V. The van der Waals surface area contributed by atoms with Crippen molar-refractivity contribution < 1.29 is 23.5 Å². The Hall–Kier alpha value is -2.11. The van der Waals surface area contributed by atoms with E-state index >= 15 is 0 Å². The van der Waals surface area contributed by atoms with Crippen LogP contribution in [0.3, 0.4) is 0 Å². The number of nitrogens with one attached hydrogen (secondary N) is 1. The molecule has 0 atom stereocenters. The molecule has 3 rings (SSSR count). The Bertz CT molecular complexity index is 739. The zero-order valence-corrected chi connectivity index (χ0v) is 11.2. The van der Waals surface area contributed by atoms with Crippen LogP contribution in [-0.2, 0) is 18.6 Å². The van der Waals surface area contributed by atoms with Crippen molar-refractivity contribution in [3.8, 4) is 11.1 Å². The van der Waals surface area contributed by atoms with Crippen LogP contribution in [0.25, 0.3) is 22.2 Å². The molecule has 0 saturated heterocycles. The average molecular weight is 290 g/mol. The van der Waals surface area contributed by atoms with Crippen molar-refractivity contribution in [2.24, 2.45) is 0 Å². The molecule has 19 heavy (non-hydrogen) atoms. The number of hydrogen-bond donors (Lipinski definition) is 1. The van der Waals surface area contributed by atoms with Gasteiger partial charge in [0.25, 0.3) is 5.69 Å². The minimum Gasteiger partial charge on any atom is -0.346 e. The molecule has 0 spiro atoms. The van der Waals surface area contributed by atoms with E-state index in [1.165, 1.54) is 6.07 Å². The summed E-state index contributed by atoms with van der Waals surface area (Å²) in [5.41, 5.74) is 2.62. The first-order chi connectivity index (χ1) is 8.75. The van der Waals surface area contributed by atoms with Gasteiger partial charge in [0.15, 0.2) is 0 Å². The van der Waals surface area contributed by atoms with E-state index in [2.05, 4.69) is 9.97 Å². The van der Waals surface area contributed by atoms with Gasteiger partial charge in [0, 0.05) is 48.5 Å². The minimum atomic E-state index is -0.390. The second kappa shape index (κ2) is 5.26. The zero-order chi connectivity index (χ0) is 12.5. The summed E-state index contributed by atoms with van der Waals surface area (Å²) in [5, 5.41) is 11.7. The number of hydrogen-bond acceptors (Lipinski definition) is 3. The second-order valence-electron chi connectivity index (χ2n) is 3.91. The molecule has 1 N–H and O–H groups in total. The van der Waals surface area contributed by atoms with Gasteiger partial charge in [-0.25, -0.2) is 4.98 Å². The number of rotatable bonds is 2. The molecule has 5 nitrogen and oxygen atoms in total. The Labute approximate surface area is 120 Å². The molecule has 2 heterocycles. The summed E-state index contributed by atoms with van der Waals surface area (Å²) in [7, 11) is 0. The molecule has 0 saturated carbocycles. The first-order valence-corrected chi connectivity index (χ1v) is 5.42. The van der Waals surface area contributed by atoms with Gasteiger partial charge in [0.1, 0.15) is 5.65 Å². The van der Waals surface area contributed by atoms with Gasteiger partial charge < -0.3 is 4.98 Å². The van der Waals surface area contributed by atoms with Crippen molar-refractivity contribution >= 4 is 16.7 Å². The maximum atomic E-state index is 10.8. The molecule has 0 fully saturated rings. The molecule has 1 radical (unpaired) electrons. The Morgan fingerprint density at radius 1 is 1.21 bits per heavy atom. The zero-order valence-electron chi connectivity index (χ0n) is 9.78. The molecule has 0 unspecified atom stereocenters. The Kier molecular flexibility index (Phi) is 3.69. The van der Waals surface area contributed by atoms with Gasteiger partial charge in [-0.1, -0.05) is 12.1 Å². The van der Waals surface area contributed by atoms with E-state index in [4.69, 9.17) is 0 Å². The third-order valence-electron chi connectivity index (χ3n) is 2.83. The number of non-ortho nitro benzene ring substituents is 1. The van der Waals surface area contributed by atoms with Crippen LogP contribution >= 0.6 is 0 Å². The number of pyridine rings is 1. The van der Waals surface area contributed by atoms with E-state index in [0.717, 1.165) is 22.2 Å². The number of nitro benzene ring substituents is 1. The summed E-state index contributed by atoms with van der Waals surface area (Å²) in [6, 6.07) is 10.4. The SMILES string of the molecule is O=[N+]([O-])c1cccc(-c2ccnc3[nH]ccc23)c1.[V]. The first kappa shape index (κ1) is 13.3. The monoisotopic (exact) mass is 290 g/mol. The van der Waals surface area contributed by atoms with Gasteiger partial charge in [-0.2, -0.15) is 0 Å². The van der Waals surface area contributed by atoms with Crippen LogP contribution in [-0.4, -0.2) is 14.9 Å². The van der Waals surface area contributed by atoms with Crippen LogP contribution in [0.4, 0.5) is 5.69 Å². The molecule has 1 aromatic carbocycles. The van der Waals surface area contributed by atoms with Crippen molar-refractivity contribution in [3.05, 3.63) is 58.9 Å². The smallest absolute Gasteiger partial charge is 0.270 e. The fourth-order valence-corrected chi connectivity index (χ4v) is 2.00. The number of aromatic nitrogens is 2. The summed E-state index contributed by atoms with van der Waals surface area (Å²) in [5.74, 6) is 0. The average Bonchev–Trinajstić information content (AvgIpc) is 2.87. The Morgan fingerprint density at radius 3 is 2.84 bits per heavy atom. The predicted octanol–water partition coefficient (Wildman–Crippen LogP) is 3.14. The van der Waals surface area contributed by atoms with Gasteiger partial charge in [0.05, 0.1) is 4.92 Å². The Morgan fingerprint density at radius 2 is 2.05 bits per heavy atom. The van der Waals surface area contributed by atoms with E-state index < -0.39 is 0 Å². The number of nitro groups is 1. The molecule has 2 aromatic heterocycles. The second-order valence-corrected chi connectivity index (χ2v) is 3.91. The summed E-state index contributed by atoms with van der Waals surface area (Å²) < 4.78 is 0. The van der Waals surface area contributed by atoms with Crippen LogP contribution in [0.1, 0.15) is 0 Å². The van der Waals surface area contributed by atoms with Crippen LogP contribution in [0.2, 0.25) is 0 Å². The molecule has 3 aromatic rings. The van der Waals surface area contributed by atoms with Gasteiger partial charge in [0.2, 0.25) is 0 Å². The van der Waals surface area contributed by atoms with Crippen LogP contribution < -0.4 is 0 Å². The first-order valence-electron chi connectivity index (χ1n) is 5.42. The molecule has 6 heteroatoms. The normalized spacial score (nSPS) is 10.1. The molecule has 0 aliphatic carbocycles. The number of benzene rings is 1. The Balaban J connectivity index is 0.00000133. The van der Waals surface area contributed by atoms with E-state index in [1.54, 1.807) is 24.5 Å². The molecule has 93 valence electrons. The number of fused-ring (bicyclic) bond motifs is 1. The molecule has 0 aliphatic heterocycles. The molecule has 0 bridgehead atoms.